The molecule has 0 fully saturated rings. The second-order valence-corrected chi connectivity index (χ2v) is 3.79. The molecular formula is CH6GeO3. The van der Waals surface area contributed by atoms with Gasteiger partial charge in [0.25, 0.3) is 0 Å². The van der Waals surface area contributed by atoms with Crippen LogP contribution in [0.3, 0.4) is 0 Å². The first-order valence-electron chi connectivity index (χ1n) is 1.17. The van der Waals surface area contributed by atoms with E-state index in [9.17, 15) is 0 Å². The van der Waals surface area contributed by atoms with Gasteiger partial charge in [0.2, 0.25) is 0 Å². The van der Waals surface area contributed by atoms with E-state index in [0.717, 1.165) is 0 Å². The van der Waals surface area contributed by atoms with E-state index in [1.807, 2.05) is 0 Å². The number of hydrogen-bond donors (Lipinski definition) is 3. The van der Waals surface area contributed by atoms with Crippen LogP contribution in [0.15, 0.2) is 0 Å². The predicted octanol–water partition coefficient (Wildman–Crippen LogP) is -3.06. The van der Waals surface area contributed by atoms with Crippen LogP contribution in [0, 0.1) is 0 Å². The van der Waals surface area contributed by atoms with Crippen molar-refractivity contribution in [2.45, 2.75) is 4.81 Å². The van der Waals surface area contributed by atoms with Crippen molar-refractivity contribution in [1.82, 2.24) is 0 Å². The van der Waals surface area contributed by atoms with E-state index < -0.39 is 4.81 Å². The fourth-order valence-corrected chi connectivity index (χ4v) is 0. The molecule has 3 nitrogen and oxygen atoms in total. The van der Waals surface area contributed by atoms with Crippen molar-refractivity contribution in [3.63, 3.8) is 0 Å². The van der Waals surface area contributed by atoms with Gasteiger partial charge in [0.1, 0.15) is 0 Å². The Bertz CT molecular complexity index is 22.4. The molecule has 3 N–H and O–H groups in total. The Balaban J connectivity index is 3.02. The molecular weight excluding hydrogens is 133 g/mol. The zero-order valence-corrected chi connectivity index (χ0v) is 7.04. The minimum absolute atomic E-state index is 0.333. The zero-order chi connectivity index (χ0) is 4.50. The van der Waals surface area contributed by atoms with Gasteiger partial charge in [0, 0.05) is 0 Å². The average Bonchev–Trinajstić information content (AvgIpc) is 0.722. The molecule has 32 valence electrons. The van der Waals surface area contributed by atoms with E-state index in [4.69, 9.17) is 15.3 Å². The average molecular weight is 139 g/mol. The summed E-state index contributed by atoms with van der Waals surface area (Å²) in [5, 5.41) is 23.1. The van der Waals surface area contributed by atoms with E-state index in [0.29, 0.717) is 0 Å². The molecule has 0 aliphatic rings. The molecule has 0 unspecified atom stereocenters. The first-order valence-corrected chi connectivity index (χ1v) is 3.27. The van der Waals surface area contributed by atoms with Crippen molar-refractivity contribution in [3.05, 3.63) is 0 Å². The van der Waals surface area contributed by atoms with Crippen molar-refractivity contribution in [1.29, 1.82) is 0 Å². The monoisotopic (exact) mass is 140 g/mol. The third kappa shape index (κ3) is 145. The maximum atomic E-state index is 7.72. The quantitative estimate of drug-likeness (QED) is 0.246. The zero-order valence-electron chi connectivity index (χ0n) is 2.84. The predicted molar refractivity (Wildman–Crippen MR) is 19.3 cm³/mol. The molecule has 5 heavy (non-hydrogen) atoms. The van der Waals surface area contributed by atoms with Gasteiger partial charge in [-0.1, -0.05) is 0 Å². The Kier molecular flexibility index (Phi) is 1.36. The van der Waals surface area contributed by atoms with E-state index in [-0.39, 0.29) is 16.5 Å². The van der Waals surface area contributed by atoms with Crippen LogP contribution in [0.5, 0.6) is 0 Å². The van der Waals surface area contributed by atoms with Crippen molar-refractivity contribution < 1.29 is 15.3 Å². The molecule has 0 aliphatic heterocycles. The van der Waals surface area contributed by atoms with Crippen molar-refractivity contribution in [2.24, 2.45) is 0 Å². The van der Waals surface area contributed by atoms with Crippen LogP contribution < -0.4 is 0 Å². The standard InChI is InChI=1S/CH6GeO3/c2-1(3,4)5/h3-5H,2H3. The molecule has 0 radical (unpaired) electrons. The van der Waals surface area contributed by atoms with Crippen LogP contribution in [0.1, 0.15) is 0 Å². The molecule has 0 bridgehead atoms. The molecule has 0 spiro atoms. The summed E-state index contributed by atoms with van der Waals surface area (Å²) in [6.45, 7) is 0. The molecule has 0 saturated heterocycles. The summed E-state index contributed by atoms with van der Waals surface area (Å²) in [5.41, 5.74) is 0. The van der Waals surface area contributed by atoms with Crippen LogP contribution in [-0.4, -0.2) is 36.6 Å². The van der Waals surface area contributed by atoms with E-state index in [2.05, 4.69) is 0 Å². The Labute approximate surface area is 37.5 Å². The summed E-state index contributed by atoms with van der Waals surface area (Å²) in [5.74, 6) is 0. The third-order valence-electron chi connectivity index (χ3n) is 0. The summed E-state index contributed by atoms with van der Waals surface area (Å²) in [7, 11) is 0. The van der Waals surface area contributed by atoms with E-state index >= 15 is 0 Å². The molecule has 0 aromatic rings. The normalized spacial score (nSPS) is 12.6. The maximum absolute atomic E-state index is 7.72. The summed E-state index contributed by atoms with van der Waals surface area (Å²) in [6.07, 6.45) is 0. The van der Waals surface area contributed by atoms with Crippen LogP contribution in [0.2, 0.25) is 0 Å². The summed E-state index contributed by atoms with van der Waals surface area (Å²) >= 11 is -0.333. The van der Waals surface area contributed by atoms with Crippen molar-refractivity contribution in [2.75, 3.05) is 0 Å². The number of rotatable bonds is 0. The summed E-state index contributed by atoms with van der Waals surface area (Å²) in [6, 6.07) is 0. The Morgan fingerprint density at radius 1 is 1.20 bits per heavy atom. The Morgan fingerprint density at radius 3 is 1.20 bits per heavy atom. The van der Waals surface area contributed by atoms with Gasteiger partial charge in [-0.2, -0.15) is 0 Å². The van der Waals surface area contributed by atoms with Gasteiger partial charge >= 0.3 is 36.6 Å². The first-order chi connectivity index (χ1) is 2.00. The van der Waals surface area contributed by atoms with Gasteiger partial charge in [-0.15, -0.1) is 0 Å². The molecule has 0 aromatic carbocycles. The van der Waals surface area contributed by atoms with Crippen molar-refractivity contribution >= 4 is 16.5 Å². The Morgan fingerprint density at radius 2 is 1.20 bits per heavy atom. The molecule has 0 atom stereocenters. The van der Waals surface area contributed by atoms with E-state index in [1.54, 1.807) is 0 Å². The van der Waals surface area contributed by atoms with Gasteiger partial charge in [0.05, 0.1) is 0 Å². The second-order valence-electron chi connectivity index (χ2n) is 0.971. The SMILES string of the molecule is O[C](O)(O)[GeH3]. The van der Waals surface area contributed by atoms with Gasteiger partial charge in [0.15, 0.2) is 0 Å². The van der Waals surface area contributed by atoms with Crippen LogP contribution >= 0.6 is 0 Å². The molecule has 0 rings (SSSR count). The molecule has 0 amide bonds. The molecule has 0 aromatic heterocycles. The van der Waals surface area contributed by atoms with Crippen LogP contribution in [0.25, 0.3) is 0 Å². The third-order valence-corrected chi connectivity index (χ3v) is 0. The van der Waals surface area contributed by atoms with Crippen molar-refractivity contribution in [3.8, 4) is 0 Å². The fourth-order valence-electron chi connectivity index (χ4n) is 0. The number of hydrogen-bond acceptors (Lipinski definition) is 3. The number of aliphatic hydroxyl groups is 3. The molecule has 0 heterocycles. The topological polar surface area (TPSA) is 60.7 Å². The molecule has 0 saturated carbocycles. The fraction of sp³-hybridized carbons (Fsp3) is 1.00. The second kappa shape index (κ2) is 1.26. The molecule has 4 heteroatoms. The summed E-state index contributed by atoms with van der Waals surface area (Å²) < 4.78 is 0. The van der Waals surface area contributed by atoms with Gasteiger partial charge in [-0.3, -0.25) is 0 Å². The van der Waals surface area contributed by atoms with Gasteiger partial charge < -0.3 is 0 Å². The van der Waals surface area contributed by atoms with Gasteiger partial charge in [-0.05, 0) is 0 Å². The first kappa shape index (κ1) is 5.42. The van der Waals surface area contributed by atoms with Crippen LogP contribution in [-0.2, 0) is 0 Å². The summed E-state index contributed by atoms with van der Waals surface area (Å²) in [4.78, 5) is -2.31. The minimum atomic E-state index is -2.31. The van der Waals surface area contributed by atoms with Crippen LogP contribution in [0.4, 0.5) is 0 Å². The Hall–Kier alpha value is 0.423. The molecule has 0 aliphatic carbocycles. The van der Waals surface area contributed by atoms with E-state index in [1.165, 1.54) is 0 Å². The van der Waals surface area contributed by atoms with Gasteiger partial charge in [-0.25, -0.2) is 0 Å².